The highest BCUT2D eigenvalue weighted by molar-refractivity contribution is 7.92. The van der Waals surface area contributed by atoms with Crippen molar-refractivity contribution in [2.45, 2.75) is 13.3 Å². The van der Waals surface area contributed by atoms with Gasteiger partial charge in [-0.3, -0.25) is 0 Å². The highest BCUT2D eigenvalue weighted by Gasteiger charge is 2.04. The average molecular weight is 331 g/mol. The summed E-state index contributed by atoms with van der Waals surface area (Å²) in [6.45, 7) is 2.35. The van der Waals surface area contributed by atoms with E-state index in [4.69, 9.17) is 4.74 Å². The van der Waals surface area contributed by atoms with E-state index >= 15 is 0 Å². The van der Waals surface area contributed by atoms with Crippen LogP contribution in [-0.2, 0) is 16.4 Å². The molecule has 2 aromatic rings. The number of methoxy groups -OCH3 is 1. The van der Waals surface area contributed by atoms with Crippen LogP contribution in [0.25, 0.3) is 6.08 Å². The summed E-state index contributed by atoms with van der Waals surface area (Å²) in [5.74, 6) is 0.787. The lowest BCUT2D eigenvalue weighted by molar-refractivity contribution is 0.414. The van der Waals surface area contributed by atoms with Crippen LogP contribution in [0.3, 0.4) is 0 Å². The molecule has 0 radical (unpaired) electrons. The molecule has 0 aliphatic rings. The summed E-state index contributed by atoms with van der Waals surface area (Å²) in [4.78, 5) is 0. The lowest BCUT2D eigenvalue weighted by Crippen LogP contribution is -2.23. The third-order valence-corrected chi connectivity index (χ3v) is 4.49. The molecule has 2 rings (SSSR count). The Morgan fingerprint density at radius 2 is 1.70 bits per heavy atom. The van der Waals surface area contributed by atoms with E-state index in [1.165, 1.54) is 5.41 Å². The molecule has 2 aromatic carbocycles. The maximum Gasteiger partial charge on any atom is 0.233 e. The van der Waals surface area contributed by atoms with Gasteiger partial charge in [0.05, 0.1) is 7.11 Å². The largest absolute Gasteiger partial charge is 0.497 e. The van der Waals surface area contributed by atoms with E-state index in [9.17, 15) is 8.42 Å². The average Bonchev–Trinajstić information content (AvgIpc) is 2.55. The molecule has 0 saturated heterocycles. The van der Waals surface area contributed by atoms with Crippen LogP contribution >= 0.6 is 0 Å². The number of hydrogen-bond acceptors (Lipinski definition) is 3. The lowest BCUT2D eigenvalue weighted by Gasteiger charge is -2.05. The number of nitrogens with one attached hydrogen (secondary N) is 1. The van der Waals surface area contributed by atoms with Gasteiger partial charge in [0.2, 0.25) is 10.0 Å². The van der Waals surface area contributed by atoms with E-state index in [0.717, 1.165) is 22.4 Å². The number of hydrogen-bond donors (Lipinski definition) is 1. The third kappa shape index (κ3) is 5.88. The Labute approximate surface area is 137 Å². The van der Waals surface area contributed by atoms with Crippen LogP contribution in [0, 0.1) is 6.92 Å². The second-order valence-electron chi connectivity index (χ2n) is 5.25. The van der Waals surface area contributed by atoms with Gasteiger partial charge in [0.15, 0.2) is 0 Å². The molecule has 23 heavy (non-hydrogen) atoms. The Balaban J connectivity index is 1.86. The van der Waals surface area contributed by atoms with Crippen molar-refractivity contribution in [1.82, 2.24) is 4.72 Å². The van der Waals surface area contributed by atoms with Gasteiger partial charge in [-0.2, -0.15) is 0 Å². The molecule has 0 heterocycles. The Morgan fingerprint density at radius 3 is 2.30 bits per heavy atom. The number of rotatable bonds is 7. The molecule has 0 spiro atoms. The van der Waals surface area contributed by atoms with Gasteiger partial charge in [-0.1, -0.05) is 42.0 Å². The van der Waals surface area contributed by atoms with E-state index in [1.54, 1.807) is 13.2 Å². The molecule has 0 unspecified atom stereocenters. The molecule has 0 atom stereocenters. The normalized spacial score (nSPS) is 11.7. The predicted molar refractivity (Wildman–Crippen MR) is 93.8 cm³/mol. The van der Waals surface area contributed by atoms with Gasteiger partial charge in [0, 0.05) is 12.0 Å². The van der Waals surface area contributed by atoms with Crippen molar-refractivity contribution in [3.8, 4) is 5.75 Å². The molecule has 1 N–H and O–H groups in total. The van der Waals surface area contributed by atoms with E-state index in [-0.39, 0.29) is 0 Å². The molecule has 4 nitrogen and oxygen atoms in total. The molecule has 0 bridgehead atoms. The van der Waals surface area contributed by atoms with Gasteiger partial charge in [-0.05, 0) is 42.7 Å². The summed E-state index contributed by atoms with van der Waals surface area (Å²) in [6, 6.07) is 15.2. The van der Waals surface area contributed by atoms with Crippen molar-refractivity contribution >= 4 is 16.1 Å². The van der Waals surface area contributed by atoms with Crippen LogP contribution in [0.2, 0.25) is 0 Å². The van der Waals surface area contributed by atoms with Crippen molar-refractivity contribution in [3.63, 3.8) is 0 Å². The minimum absolute atomic E-state index is 0.354. The molecule has 0 aliphatic heterocycles. The molecule has 0 aliphatic carbocycles. The lowest BCUT2D eigenvalue weighted by atomic mass is 10.1. The number of ether oxygens (including phenoxy) is 1. The van der Waals surface area contributed by atoms with Gasteiger partial charge in [0.1, 0.15) is 5.75 Å². The van der Waals surface area contributed by atoms with Crippen molar-refractivity contribution in [2.24, 2.45) is 0 Å². The van der Waals surface area contributed by atoms with E-state index in [0.29, 0.717) is 13.0 Å². The van der Waals surface area contributed by atoms with Crippen LogP contribution in [-0.4, -0.2) is 22.1 Å². The Kier molecular flexibility index (Phi) is 5.96. The smallest absolute Gasteiger partial charge is 0.233 e. The van der Waals surface area contributed by atoms with Crippen molar-refractivity contribution < 1.29 is 13.2 Å². The second kappa shape index (κ2) is 7.94. The zero-order valence-corrected chi connectivity index (χ0v) is 14.1. The van der Waals surface area contributed by atoms with Gasteiger partial charge < -0.3 is 4.74 Å². The first-order chi connectivity index (χ1) is 11.0. The first kappa shape index (κ1) is 17.2. The van der Waals surface area contributed by atoms with Gasteiger partial charge in [-0.25, -0.2) is 13.1 Å². The van der Waals surface area contributed by atoms with Crippen molar-refractivity contribution in [3.05, 3.63) is 70.6 Å². The quantitative estimate of drug-likeness (QED) is 0.848. The van der Waals surface area contributed by atoms with Gasteiger partial charge in [0.25, 0.3) is 0 Å². The fraction of sp³-hybridized carbons (Fsp3) is 0.222. The fourth-order valence-corrected chi connectivity index (χ4v) is 2.84. The first-order valence-corrected chi connectivity index (χ1v) is 8.90. The summed E-state index contributed by atoms with van der Waals surface area (Å²) in [6.07, 6.45) is 2.22. The molecule has 5 heteroatoms. The van der Waals surface area contributed by atoms with E-state index in [1.807, 2.05) is 55.5 Å². The maximum absolute atomic E-state index is 11.9. The molecule has 122 valence electrons. The molecule has 0 aromatic heterocycles. The Bertz CT molecular complexity index is 748. The molecular formula is C18H21NO3S. The van der Waals surface area contributed by atoms with Crippen molar-refractivity contribution in [1.29, 1.82) is 0 Å². The zero-order valence-electron chi connectivity index (χ0n) is 13.3. The van der Waals surface area contributed by atoms with Crippen LogP contribution in [0.5, 0.6) is 5.75 Å². The molecule has 0 amide bonds. The minimum Gasteiger partial charge on any atom is -0.497 e. The minimum atomic E-state index is -3.43. The molecule has 0 fully saturated rings. The van der Waals surface area contributed by atoms with Crippen LogP contribution in [0.15, 0.2) is 53.9 Å². The molecule has 0 saturated carbocycles. The summed E-state index contributed by atoms with van der Waals surface area (Å²) >= 11 is 0. The summed E-state index contributed by atoms with van der Waals surface area (Å²) in [7, 11) is -1.81. The molecular weight excluding hydrogens is 310 g/mol. The number of benzene rings is 2. The fourth-order valence-electron chi connectivity index (χ4n) is 2.02. The van der Waals surface area contributed by atoms with Crippen LogP contribution < -0.4 is 9.46 Å². The van der Waals surface area contributed by atoms with Crippen LogP contribution in [0.4, 0.5) is 0 Å². The number of sulfonamides is 1. The third-order valence-electron chi connectivity index (χ3n) is 3.39. The predicted octanol–water partition coefficient (Wildman–Crippen LogP) is 3.14. The van der Waals surface area contributed by atoms with E-state index in [2.05, 4.69) is 4.72 Å². The second-order valence-corrected chi connectivity index (χ2v) is 6.90. The summed E-state index contributed by atoms with van der Waals surface area (Å²) in [5.41, 5.74) is 3.05. The Hall–Kier alpha value is -2.11. The first-order valence-electron chi connectivity index (χ1n) is 7.36. The topological polar surface area (TPSA) is 55.4 Å². The maximum atomic E-state index is 11.9. The standard InChI is InChI=1S/C18H21NO3S/c1-15-3-5-17(6-4-15)12-14-23(20,21)19-13-11-16-7-9-18(22-2)10-8-16/h3-10,12,14,19H,11,13H2,1-2H3/b14-12+. The Morgan fingerprint density at radius 1 is 1.04 bits per heavy atom. The van der Waals surface area contributed by atoms with E-state index < -0.39 is 10.0 Å². The highest BCUT2D eigenvalue weighted by atomic mass is 32.2. The zero-order chi connectivity index (χ0) is 16.7. The monoisotopic (exact) mass is 331 g/mol. The summed E-state index contributed by atoms with van der Waals surface area (Å²) in [5, 5.41) is 1.20. The summed E-state index contributed by atoms with van der Waals surface area (Å²) < 4.78 is 31.5. The number of aryl methyl sites for hydroxylation is 1. The van der Waals surface area contributed by atoms with Gasteiger partial charge >= 0.3 is 0 Å². The van der Waals surface area contributed by atoms with Gasteiger partial charge in [-0.15, -0.1) is 0 Å². The SMILES string of the molecule is COc1ccc(CCNS(=O)(=O)/C=C/c2ccc(C)cc2)cc1. The van der Waals surface area contributed by atoms with Crippen LogP contribution in [0.1, 0.15) is 16.7 Å². The van der Waals surface area contributed by atoms with Crippen molar-refractivity contribution in [2.75, 3.05) is 13.7 Å². The highest BCUT2D eigenvalue weighted by Crippen LogP contribution is 2.11.